The van der Waals surface area contributed by atoms with Crippen LogP contribution in [0.3, 0.4) is 0 Å². The number of anilines is 2. The van der Waals surface area contributed by atoms with E-state index in [1.807, 2.05) is 74.6 Å². The number of nitrogens with zero attached hydrogens (tertiary/aromatic N) is 3. The van der Waals surface area contributed by atoms with E-state index in [2.05, 4.69) is 37.2 Å². The quantitative estimate of drug-likeness (QED) is 0.263. The lowest BCUT2D eigenvalue weighted by molar-refractivity contribution is -0.115. The molecule has 0 spiro atoms. The second kappa shape index (κ2) is 10.8. The highest BCUT2D eigenvalue weighted by molar-refractivity contribution is 7.80. The van der Waals surface area contributed by atoms with Gasteiger partial charge in [-0.1, -0.05) is 24.6 Å². The maximum Gasteiger partial charge on any atom is 0.224 e. The predicted octanol–water partition coefficient (Wildman–Crippen LogP) is 6.37. The maximum absolute atomic E-state index is 12.0. The Bertz CT molecular complexity index is 1490. The first-order chi connectivity index (χ1) is 18.4. The van der Waals surface area contributed by atoms with Crippen molar-refractivity contribution in [1.29, 1.82) is 0 Å². The van der Waals surface area contributed by atoms with Gasteiger partial charge in [0.15, 0.2) is 5.11 Å². The van der Waals surface area contributed by atoms with Crippen LogP contribution in [0.25, 0.3) is 5.69 Å². The van der Waals surface area contributed by atoms with Gasteiger partial charge in [-0.05, 0) is 79.3 Å². The molecule has 7 nitrogen and oxygen atoms in total. The third-order valence-corrected chi connectivity index (χ3v) is 7.40. The fraction of sp³-hybridized carbons (Fsp3) is 0.207. The van der Waals surface area contributed by atoms with E-state index in [0.717, 1.165) is 33.3 Å². The fourth-order valence-electron chi connectivity index (χ4n) is 4.75. The molecule has 2 aromatic heterocycles. The van der Waals surface area contributed by atoms with Crippen LogP contribution in [0.15, 0.2) is 79.1 Å². The predicted molar refractivity (Wildman–Crippen MR) is 155 cm³/mol. The standard InChI is InChI=1S/C29H28ClN5O2S/c1-4-26(36)32-22-13-11-20(17-25(22)37-3)35-28(27(33-29(35)38)23-8-5-6-14-31-23)24-9-7-15-34(24)19-10-12-21(30)18(2)16-19/h5-17,27-28H,4H2,1-3H3,(H,32,36)(H,33,38)/t27-,28+/m1/s1. The topological polar surface area (TPSA) is 71.4 Å². The summed E-state index contributed by atoms with van der Waals surface area (Å²) >= 11 is 12.2. The Morgan fingerprint density at radius 1 is 1.13 bits per heavy atom. The van der Waals surface area contributed by atoms with Gasteiger partial charge >= 0.3 is 0 Å². The first-order valence-corrected chi connectivity index (χ1v) is 13.1. The van der Waals surface area contributed by atoms with Crippen molar-refractivity contribution in [2.24, 2.45) is 0 Å². The molecule has 38 heavy (non-hydrogen) atoms. The van der Waals surface area contributed by atoms with Crippen LogP contribution >= 0.6 is 23.8 Å². The van der Waals surface area contributed by atoms with Crippen LogP contribution < -0.4 is 20.3 Å². The summed E-state index contributed by atoms with van der Waals surface area (Å²) in [6, 6.07) is 21.2. The summed E-state index contributed by atoms with van der Waals surface area (Å²) in [6.45, 7) is 3.81. The lowest BCUT2D eigenvalue weighted by atomic mass is 10.0. The molecule has 194 valence electrons. The largest absolute Gasteiger partial charge is 0.494 e. The molecule has 3 heterocycles. The van der Waals surface area contributed by atoms with Gasteiger partial charge in [0.1, 0.15) is 11.8 Å². The van der Waals surface area contributed by atoms with Gasteiger partial charge < -0.3 is 24.8 Å². The van der Waals surface area contributed by atoms with Gasteiger partial charge in [-0.15, -0.1) is 0 Å². The number of hydrogen-bond donors (Lipinski definition) is 2. The SMILES string of the molecule is CCC(=O)Nc1ccc(N2C(=S)N[C@H](c3ccccn3)[C@@H]2c2cccn2-c2ccc(Cl)c(C)c2)cc1OC. The molecule has 0 bridgehead atoms. The number of amides is 1. The number of nitrogens with one attached hydrogen (secondary N) is 2. The zero-order valence-corrected chi connectivity index (χ0v) is 22.9. The number of thiocarbonyl (C=S) groups is 1. The highest BCUT2D eigenvalue weighted by atomic mass is 35.5. The number of halogens is 1. The number of ether oxygens (including phenoxy) is 1. The van der Waals surface area contributed by atoms with Crippen LogP contribution in [0.4, 0.5) is 11.4 Å². The molecule has 9 heteroatoms. The highest BCUT2D eigenvalue weighted by Crippen LogP contribution is 2.44. The summed E-state index contributed by atoms with van der Waals surface area (Å²) in [5, 5.41) is 7.69. The molecule has 1 aliphatic rings. The Kier molecular flexibility index (Phi) is 7.35. The van der Waals surface area contributed by atoms with Crippen LogP contribution in [0.1, 0.15) is 42.4 Å². The van der Waals surface area contributed by atoms with Crippen LogP contribution in [0.2, 0.25) is 5.02 Å². The molecule has 1 fully saturated rings. The van der Waals surface area contributed by atoms with Crippen molar-refractivity contribution in [2.75, 3.05) is 17.3 Å². The molecule has 2 aromatic carbocycles. The average molecular weight is 546 g/mol. The van der Waals surface area contributed by atoms with E-state index in [1.165, 1.54) is 0 Å². The third-order valence-electron chi connectivity index (χ3n) is 6.66. The first-order valence-electron chi connectivity index (χ1n) is 12.3. The van der Waals surface area contributed by atoms with Gasteiger partial charge in [0.2, 0.25) is 5.91 Å². The second-order valence-corrected chi connectivity index (χ2v) is 9.81. The maximum atomic E-state index is 12.0. The van der Waals surface area contributed by atoms with Crippen molar-refractivity contribution in [1.82, 2.24) is 14.9 Å². The van der Waals surface area contributed by atoms with E-state index >= 15 is 0 Å². The molecule has 1 saturated heterocycles. The summed E-state index contributed by atoms with van der Waals surface area (Å²) < 4.78 is 7.80. The second-order valence-electron chi connectivity index (χ2n) is 9.02. The molecular formula is C29H28ClN5O2S. The van der Waals surface area contributed by atoms with E-state index in [-0.39, 0.29) is 18.0 Å². The van der Waals surface area contributed by atoms with Crippen LogP contribution in [-0.4, -0.2) is 27.7 Å². The smallest absolute Gasteiger partial charge is 0.224 e. The number of pyridine rings is 1. The number of carbonyl (C=O) groups is 1. The lowest BCUT2D eigenvalue weighted by Crippen LogP contribution is -2.30. The fourth-order valence-corrected chi connectivity index (χ4v) is 5.22. The Morgan fingerprint density at radius 2 is 1.95 bits per heavy atom. The zero-order valence-electron chi connectivity index (χ0n) is 21.3. The minimum atomic E-state index is -0.232. The van der Waals surface area contributed by atoms with Gasteiger partial charge in [0.25, 0.3) is 0 Å². The van der Waals surface area contributed by atoms with Crippen molar-refractivity contribution < 1.29 is 9.53 Å². The molecule has 0 unspecified atom stereocenters. The van der Waals surface area contributed by atoms with Crippen LogP contribution in [0.5, 0.6) is 5.75 Å². The molecule has 5 rings (SSSR count). The number of methoxy groups -OCH3 is 1. The minimum Gasteiger partial charge on any atom is -0.494 e. The number of aromatic nitrogens is 2. The number of carbonyl (C=O) groups excluding carboxylic acids is 1. The summed E-state index contributed by atoms with van der Waals surface area (Å²) in [7, 11) is 1.59. The van der Waals surface area contributed by atoms with Gasteiger partial charge in [-0.25, -0.2) is 0 Å². The van der Waals surface area contributed by atoms with Gasteiger partial charge in [0.05, 0.1) is 24.5 Å². The normalized spacial score (nSPS) is 16.8. The summed E-state index contributed by atoms with van der Waals surface area (Å²) in [5.74, 6) is 0.467. The molecule has 4 aromatic rings. The summed E-state index contributed by atoms with van der Waals surface area (Å²) in [4.78, 5) is 18.8. The molecule has 0 radical (unpaired) electrons. The van der Waals surface area contributed by atoms with Crippen LogP contribution in [0, 0.1) is 6.92 Å². The monoisotopic (exact) mass is 545 g/mol. The summed E-state index contributed by atoms with van der Waals surface area (Å²) in [5.41, 5.74) is 5.34. The number of rotatable bonds is 7. The third kappa shape index (κ3) is 4.85. The minimum absolute atomic E-state index is 0.0846. The molecule has 0 aliphatic carbocycles. The van der Waals surface area contributed by atoms with Crippen molar-refractivity contribution in [2.45, 2.75) is 32.4 Å². The van der Waals surface area contributed by atoms with E-state index in [1.54, 1.807) is 13.3 Å². The van der Waals surface area contributed by atoms with Gasteiger partial charge in [-0.3, -0.25) is 9.78 Å². The highest BCUT2D eigenvalue weighted by Gasteiger charge is 2.42. The van der Waals surface area contributed by atoms with Crippen molar-refractivity contribution >= 4 is 46.2 Å². The average Bonchev–Trinajstić information content (AvgIpc) is 3.55. The van der Waals surface area contributed by atoms with E-state index in [4.69, 9.17) is 28.6 Å². The van der Waals surface area contributed by atoms with Crippen molar-refractivity contribution in [3.63, 3.8) is 0 Å². The van der Waals surface area contributed by atoms with Crippen molar-refractivity contribution in [3.05, 3.63) is 101 Å². The number of aryl methyl sites for hydroxylation is 1. The Hall–Kier alpha value is -3.88. The molecule has 2 atom stereocenters. The first kappa shape index (κ1) is 25.8. The molecule has 1 aliphatic heterocycles. The Labute approximate surface area is 232 Å². The number of hydrogen-bond acceptors (Lipinski definition) is 4. The van der Waals surface area contributed by atoms with E-state index < -0.39 is 0 Å². The lowest BCUT2D eigenvalue weighted by Gasteiger charge is -2.29. The molecule has 2 N–H and O–H groups in total. The zero-order chi connectivity index (χ0) is 26.8. The molecule has 0 saturated carbocycles. The summed E-state index contributed by atoms with van der Waals surface area (Å²) in [6.07, 6.45) is 4.20. The number of benzene rings is 2. The van der Waals surface area contributed by atoms with Gasteiger partial charge in [-0.2, -0.15) is 0 Å². The Morgan fingerprint density at radius 3 is 2.66 bits per heavy atom. The van der Waals surface area contributed by atoms with E-state index in [0.29, 0.717) is 23.0 Å². The van der Waals surface area contributed by atoms with E-state index in [9.17, 15) is 4.79 Å². The molecule has 1 amide bonds. The Balaban J connectivity index is 1.63. The van der Waals surface area contributed by atoms with Crippen molar-refractivity contribution in [3.8, 4) is 11.4 Å². The van der Waals surface area contributed by atoms with Crippen LogP contribution in [-0.2, 0) is 4.79 Å². The van der Waals surface area contributed by atoms with Gasteiger partial charge in [0, 0.05) is 47.0 Å². The molecular weight excluding hydrogens is 518 g/mol.